The van der Waals surface area contributed by atoms with E-state index in [0.717, 1.165) is 44.8 Å². The number of hydrogen-bond donors (Lipinski definition) is 2. The Hall–Kier alpha value is -1.65. The van der Waals surface area contributed by atoms with Crippen molar-refractivity contribution in [3.63, 3.8) is 0 Å². The zero-order chi connectivity index (χ0) is 12.9. The molecule has 0 amide bonds. The lowest BCUT2D eigenvalue weighted by atomic mass is 10.1. The SMILES string of the molecule is c1ccc(-c2[nH]ncc2CCN2CCNCC2)cc1. The number of hydrogen-bond acceptors (Lipinski definition) is 3. The van der Waals surface area contributed by atoms with Gasteiger partial charge in [0, 0.05) is 32.7 Å². The topological polar surface area (TPSA) is 44.0 Å². The molecule has 0 radical (unpaired) electrons. The second-order valence-corrected chi connectivity index (χ2v) is 4.98. The molecule has 4 heteroatoms. The van der Waals surface area contributed by atoms with Crippen LogP contribution in [0.5, 0.6) is 0 Å². The summed E-state index contributed by atoms with van der Waals surface area (Å²) in [5, 5.41) is 10.7. The van der Waals surface area contributed by atoms with Crippen molar-refractivity contribution in [2.45, 2.75) is 6.42 Å². The molecule has 0 spiro atoms. The zero-order valence-electron chi connectivity index (χ0n) is 11.1. The molecule has 1 aliphatic rings. The first kappa shape index (κ1) is 12.4. The van der Waals surface area contributed by atoms with Gasteiger partial charge in [-0.05, 0) is 17.5 Å². The fourth-order valence-electron chi connectivity index (χ4n) is 2.57. The summed E-state index contributed by atoms with van der Waals surface area (Å²) in [7, 11) is 0. The molecule has 3 rings (SSSR count). The standard InChI is InChI=1S/C15H20N4/c1-2-4-13(5-3-1)15-14(12-17-18-15)6-9-19-10-7-16-8-11-19/h1-5,12,16H,6-11H2,(H,17,18). The number of aromatic amines is 1. The average molecular weight is 256 g/mol. The predicted molar refractivity (Wildman–Crippen MR) is 77.0 cm³/mol. The normalized spacial score (nSPS) is 16.6. The van der Waals surface area contributed by atoms with Crippen LogP contribution in [0.25, 0.3) is 11.3 Å². The van der Waals surface area contributed by atoms with Crippen LogP contribution in [0.15, 0.2) is 36.5 Å². The van der Waals surface area contributed by atoms with E-state index in [2.05, 4.69) is 44.7 Å². The maximum Gasteiger partial charge on any atom is 0.0682 e. The number of aromatic nitrogens is 2. The number of nitrogens with one attached hydrogen (secondary N) is 2. The van der Waals surface area contributed by atoms with Crippen molar-refractivity contribution in [1.82, 2.24) is 20.4 Å². The molecule has 2 N–H and O–H groups in total. The van der Waals surface area contributed by atoms with Crippen molar-refractivity contribution >= 4 is 0 Å². The molecule has 4 nitrogen and oxygen atoms in total. The highest BCUT2D eigenvalue weighted by molar-refractivity contribution is 5.62. The molecule has 2 heterocycles. The lowest BCUT2D eigenvalue weighted by molar-refractivity contribution is 0.244. The minimum Gasteiger partial charge on any atom is -0.314 e. The minimum atomic E-state index is 1.06. The molecule has 1 aromatic carbocycles. The van der Waals surface area contributed by atoms with Crippen LogP contribution in [-0.4, -0.2) is 47.8 Å². The van der Waals surface area contributed by atoms with Gasteiger partial charge in [-0.15, -0.1) is 0 Å². The zero-order valence-corrected chi connectivity index (χ0v) is 11.1. The van der Waals surface area contributed by atoms with Gasteiger partial charge in [0.05, 0.1) is 11.9 Å². The van der Waals surface area contributed by atoms with Crippen LogP contribution in [0.1, 0.15) is 5.56 Å². The van der Waals surface area contributed by atoms with Crippen LogP contribution >= 0.6 is 0 Å². The van der Waals surface area contributed by atoms with Crippen molar-refractivity contribution < 1.29 is 0 Å². The van der Waals surface area contributed by atoms with E-state index < -0.39 is 0 Å². The van der Waals surface area contributed by atoms with Gasteiger partial charge in [-0.2, -0.15) is 5.10 Å². The summed E-state index contributed by atoms with van der Waals surface area (Å²) in [5.41, 5.74) is 3.69. The van der Waals surface area contributed by atoms with Crippen LogP contribution < -0.4 is 5.32 Å². The third-order valence-electron chi connectivity index (χ3n) is 3.69. The maximum atomic E-state index is 4.21. The van der Waals surface area contributed by atoms with Crippen LogP contribution in [-0.2, 0) is 6.42 Å². The Morgan fingerprint density at radius 1 is 1.11 bits per heavy atom. The molecule has 0 bridgehead atoms. The number of H-pyrrole nitrogens is 1. The van der Waals surface area contributed by atoms with Gasteiger partial charge in [0.15, 0.2) is 0 Å². The number of rotatable bonds is 4. The number of benzene rings is 1. The van der Waals surface area contributed by atoms with E-state index in [1.54, 1.807) is 0 Å². The van der Waals surface area contributed by atoms with E-state index in [9.17, 15) is 0 Å². The Morgan fingerprint density at radius 2 is 1.89 bits per heavy atom. The predicted octanol–water partition coefficient (Wildman–Crippen LogP) is 1.52. The quantitative estimate of drug-likeness (QED) is 0.872. The monoisotopic (exact) mass is 256 g/mol. The van der Waals surface area contributed by atoms with Crippen LogP contribution in [0.3, 0.4) is 0 Å². The van der Waals surface area contributed by atoms with E-state index in [1.165, 1.54) is 11.1 Å². The maximum absolute atomic E-state index is 4.21. The average Bonchev–Trinajstić information content (AvgIpc) is 2.95. The van der Waals surface area contributed by atoms with E-state index in [1.807, 2.05) is 12.3 Å². The summed E-state index contributed by atoms with van der Waals surface area (Å²) >= 11 is 0. The van der Waals surface area contributed by atoms with Gasteiger partial charge in [-0.1, -0.05) is 30.3 Å². The molecule has 19 heavy (non-hydrogen) atoms. The van der Waals surface area contributed by atoms with Crippen LogP contribution in [0.4, 0.5) is 0 Å². The van der Waals surface area contributed by atoms with E-state index in [-0.39, 0.29) is 0 Å². The van der Waals surface area contributed by atoms with Crippen LogP contribution in [0, 0.1) is 0 Å². The molecule has 0 atom stereocenters. The van der Waals surface area contributed by atoms with Gasteiger partial charge < -0.3 is 10.2 Å². The number of nitrogens with zero attached hydrogens (tertiary/aromatic N) is 2. The Kier molecular flexibility index (Phi) is 3.91. The highest BCUT2D eigenvalue weighted by Crippen LogP contribution is 2.21. The van der Waals surface area contributed by atoms with Crippen molar-refractivity contribution in [3.05, 3.63) is 42.1 Å². The van der Waals surface area contributed by atoms with Gasteiger partial charge in [0.1, 0.15) is 0 Å². The van der Waals surface area contributed by atoms with E-state index >= 15 is 0 Å². The van der Waals surface area contributed by atoms with Crippen molar-refractivity contribution in [3.8, 4) is 11.3 Å². The summed E-state index contributed by atoms with van der Waals surface area (Å²) < 4.78 is 0. The van der Waals surface area contributed by atoms with Crippen molar-refractivity contribution in [2.24, 2.45) is 0 Å². The van der Waals surface area contributed by atoms with Crippen molar-refractivity contribution in [1.29, 1.82) is 0 Å². The van der Waals surface area contributed by atoms with Gasteiger partial charge in [0.2, 0.25) is 0 Å². The third kappa shape index (κ3) is 3.03. The van der Waals surface area contributed by atoms with E-state index in [4.69, 9.17) is 0 Å². The summed E-state index contributed by atoms with van der Waals surface area (Å²) in [6, 6.07) is 10.4. The van der Waals surface area contributed by atoms with Crippen LogP contribution in [0.2, 0.25) is 0 Å². The first-order valence-electron chi connectivity index (χ1n) is 6.94. The highest BCUT2D eigenvalue weighted by Gasteiger charge is 2.12. The minimum absolute atomic E-state index is 1.06. The largest absolute Gasteiger partial charge is 0.314 e. The van der Waals surface area contributed by atoms with Gasteiger partial charge >= 0.3 is 0 Å². The van der Waals surface area contributed by atoms with Crippen molar-refractivity contribution in [2.75, 3.05) is 32.7 Å². The van der Waals surface area contributed by atoms with Gasteiger partial charge in [-0.25, -0.2) is 0 Å². The summed E-state index contributed by atoms with van der Waals surface area (Å²) in [5.74, 6) is 0. The lowest BCUT2D eigenvalue weighted by Crippen LogP contribution is -2.44. The summed E-state index contributed by atoms with van der Waals surface area (Å²) in [4.78, 5) is 2.51. The molecule has 1 saturated heterocycles. The molecule has 100 valence electrons. The Balaban J connectivity index is 1.67. The molecule has 0 aliphatic carbocycles. The Labute approximate surface area is 113 Å². The third-order valence-corrected chi connectivity index (χ3v) is 3.69. The second kappa shape index (κ2) is 5.99. The molecular formula is C15H20N4. The summed E-state index contributed by atoms with van der Waals surface area (Å²) in [6.45, 7) is 5.63. The van der Waals surface area contributed by atoms with E-state index in [0.29, 0.717) is 0 Å². The summed E-state index contributed by atoms with van der Waals surface area (Å²) in [6.07, 6.45) is 3.02. The van der Waals surface area contributed by atoms with Gasteiger partial charge in [-0.3, -0.25) is 5.10 Å². The highest BCUT2D eigenvalue weighted by atomic mass is 15.2. The number of piperazine rings is 1. The smallest absolute Gasteiger partial charge is 0.0682 e. The fourth-order valence-corrected chi connectivity index (χ4v) is 2.57. The lowest BCUT2D eigenvalue weighted by Gasteiger charge is -2.27. The first-order valence-corrected chi connectivity index (χ1v) is 6.94. The van der Waals surface area contributed by atoms with Gasteiger partial charge in [0.25, 0.3) is 0 Å². The molecular weight excluding hydrogens is 236 g/mol. The second-order valence-electron chi connectivity index (χ2n) is 4.98. The fraction of sp³-hybridized carbons (Fsp3) is 0.400. The molecule has 0 unspecified atom stereocenters. The molecule has 1 aromatic heterocycles. The molecule has 0 saturated carbocycles. The molecule has 1 aliphatic heterocycles. The molecule has 1 fully saturated rings. The Morgan fingerprint density at radius 3 is 2.68 bits per heavy atom. The first-order chi connectivity index (χ1) is 9.43. The Bertz CT molecular complexity index is 500. The molecule has 2 aromatic rings.